The minimum atomic E-state index is -0.373. The van der Waals surface area contributed by atoms with Crippen LogP contribution in [0.4, 0.5) is 10.1 Å². The van der Waals surface area contributed by atoms with Gasteiger partial charge in [0.25, 0.3) is 5.89 Å². The minimum Gasteiger partial charge on any atom is -0.334 e. The predicted octanol–water partition coefficient (Wildman–Crippen LogP) is 3.36. The van der Waals surface area contributed by atoms with Gasteiger partial charge in [0.2, 0.25) is 5.91 Å². The van der Waals surface area contributed by atoms with E-state index in [1.807, 2.05) is 13.0 Å². The van der Waals surface area contributed by atoms with E-state index >= 15 is 0 Å². The van der Waals surface area contributed by atoms with Crippen LogP contribution in [0.3, 0.4) is 0 Å². The number of hydrogen-bond donors (Lipinski definition) is 1. The van der Waals surface area contributed by atoms with Crippen LogP contribution in [0.1, 0.15) is 30.6 Å². The number of aryl methyl sites for hydroxylation is 2. The largest absolute Gasteiger partial charge is 0.334 e. The zero-order chi connectivity index (χ0) is 20.4. The maximum Gasteiger partial charge on any atom is 0.259 e. The fraction of sp³-hybridized carbons (Fsp3) is 0.250. The molecule has 0 aliphatic rings. The highest BCUT2D eigenvalue weighted by Gasteiger charge is 2.14. The van der Waals surface area contributed by atoms with Crippen LogP contribution in [0, 0.1) is 12.7 Å². The lowest BCUT2D eigenvalue weighted by Crippen LogP contribution is -2.16. The predicted molar refractivity (Wildman–Crippen MR) is 104 cm³/mol. The summed E-state index contributed by atoms with van der Waals surface area (Å²) < 4.78 is 20.7. The molecule has 3 heterocycles. The lowest BCUT2D eigenvalue weighted by atomic mass is 10.2. The Hall–Kier alpha value is -3.62. The summed E-state index contributed by atoms with van der Waals surface area (Å²) in [5.74, 6) is 0.796. The number of halogens is 1. The van der Waals surface area contributed by atoms with Crippen LogP contribution < -0.4 is 5.32 Å². The van der Waals surface area contributed by atoms with E-state index in [1.165, 1.54) is 6.07 Å². The van der Waals surface area contributed by atoms with E-state index in [9.17, 15) is 9.18 Å². The maximum atomic E-state index is 13.7. The van der Waals surface area contributed by atoms with E-state index in [4.69, 9.17) is 4.52 Å². The molecule has 0 radical (unpaired) electrons. The first-order valence-electron chi connectivity index (χ1n) is 9.26. The highest BCUT2D eigenvalue weighted by atomic mass is 19.1. The van der Waals surface area contributed by atoms with Crippen molar-refractivity contribution < 1.29 is 13.7 Å². The number of rotatable bonds is 6. The number of carbonyl (C=O) groups excluding carboxylic acids is 1. The van der Waals surface area contributed by atoms with Gasteiger partial charge in [-0.1, -0.05) is 18.1 Å². The van der Waals surface area contributed by atoms with Crippen LogP contribution in [-0.4, -0.2) is 30.6 Å². The van der Waals surface area contributed by atoms with Crippen molar-refractivity contribution in [3.63, 3.8) is 0 Å². The van der Waals surface area contributed by atoms with Gasteiger partial charge in [0, 0.05) is 18.3 Å². The second kappa shape index (κ2) is 7.78. The van der Waals surface area contributed by atoms with Crippen molar-refractivity contribution in [1.82, 2.24) is 24.7 Å². The van der Waals surface area contributed by atoms with Gasteiger partial charge in [0.15, 0.2) is 11.5 Å². The van der Waals surface area contributed by atoms with E-state index in [-0.39, 0.29) is 18.1 Å². The Labute approximate surface area is 165 Å². The van der Waals surface area contributed by atoms with Crippen LogP contribution in [0.25, 0.3) is 17.1 Å². The molecule has 29 heavy (non-hydrogen) atoms. The van der Waals surface area contributed by atoms with Crippen LogP contribution in [-0.2, 0) is 17.6 Å². The summed E-state index contributed by atoms with van der Waals surface area (Å²) in [6.07, 6.45) is 3.40. The summed E-state index contributed by atoms with van der Waals surface area (Å²) in [4.78, 5) is 16.8. The zero-order valence-corrected chi connectivity index (χ0v) is 16.0. The number of nitrogens with zero attached hydrogens (tertiary/aromatic N) is 5. The van der Waals surface area contributed by atoms with Crippen molar-refractivity contribution in [3.8, 4) is 11.5 Å². The Bertz CT molecular complexity index is 1180. The monoisotopic (exact) mass is 394 g/mol. The Morgan fingerprint density at radius 2 is 2.10 bits per heavy atom. The van der Waals surface area contributed by atoms with Crippen molar-refractivity contribution in [2.75, 3.05) is 5.32 Å². The van der Waals surface area contributed by atoms with Gasteiger partial charge < -0.3 is 9.84 Å². The van der Waals surface area contributed by atoms with E-state index in [1.54, 1.807) is 35.7 Å². The Kier molecular flexibility index (Phi) is 5.03. The van der Waals surface area contributed by atoms with Gasteiger partial charge in [-0.15, -0.1) is 10.2 Å². The molecule has 0 bridgehead atoms. The number of aromatic nitrogens is 5. The summed E-state index contributed by atoms with van der Waals surface area (Å²) in [5.41, 5.74) is 2.20. The molecule has 3 aromatic heterocycles. The average molecular weight is 394 g/mol. The summed E-state index contributed by atoms with van der Waals surface area (Å²) in [7, 11) is 0. The van der Waals surface area contributed by atoms with Gasteiger partial charge in [-0.2, -0.15) is 4.98 Å². The van der Waals surface area contributed by atoms with Crippen molar-refractivity contribution >= 4 is 17.2 Å². The quantitative estimate of drug-likeness (QED) is 0.538. The molecule has 0 aliphatic heterocycles. The molecule has 148 valence electrons. The first-order chi connectivity index (χ1) is 14.0. The second-order valence-electron chi connectivity index (χ2n) is 6.72. The van der Waals surface area contributed by atoms with E-state index in [2.05, 4.69) is 25.7 Å². The molecule has 0 spiro atoms. The SMILES string of the molecule is CCCc1noc(-c2ccc3nnc(CC(=O)Nc4ccc(C)c(F)c4)n3c2)n1. The molecule has 0 atom stereocenters. The molecule has 0 unspecified atom stereocenters. The van der Waals surface area contributed by atoms with Gasteiger partial charge in [0.05, 0.1) is 12.0 Å². The van der Waals surface area contributed by atoms with Gasteiger partial charge in [0.1, 0.15) is 11.6 Å². The molecule has 1 amide bonds. The van der Waals surface area contributed by atoms with Crippen molar-refractivity contribution in [3.05, 3.63) is 59.6 Å². The number of fused-ring (bicyclic) bond motifs is 1. The Morgan fingerprint density at radius 1 is 1.24 bits per heavy atom. The van der Waals surface area contributed by atoms with Crippen LogP contribution in [0.5, 0.6) is 0 Å². The van der Waals surface area contributed by atoms with E-state index in [0.29, 0.717) is 40.0 Å². The lowest BCUT2D eigenvalue weighted by Gasteiger charge is -2.06. The fourth-order valence-electron chi connectivity index (χ4n) is 2.90. The highest BCUT2D eigenvalue weighted by Crippen LogP contribution is 2.19. The van der Waals surface area contributed by atoms with Crippen LogP contribution in [0.2, 0.25) is 0 Å². The first kappa shape index (κ1) is 18.7. The van der Waals surface area contributed by atoms with Crippen molar-refractivity contribution in [1.29, 1.82) is 0 Å². The average Bonchev–Trinajstić information content (AvgIpc) is 3.32. The molecule has 0 saturated heterocycles. The van der Waals surface area contributed by atoms with E-state index in [0.717, 1.165) is 12.8 Å². The summed E-state index contributed by atoms with van der Waals surface area (Å²) in [6.45, 7) is 3.71. The number of hydrogen-bond acceptors (Lipinski definition) is 6. The molecule has 4 aromatic rings. The first-order valence-corrected chi connectivity index (χ1v) is 9.26. The number of nitrogens with one attached hydrogen (secondary N) is 1. The normalized spacial score (nSPS) is 11.1. The number of amides is 1. The number of pyridine rings is 1. The molecule has 4 rings (SSSR count). The molecule has 0 fully saturated rings. The van der Waals surface area contributed by atoms with Crippen LogP contribution >= 0.6 is 0 Å². The van der Waals surface area contributed by atoms with Gasteiger partial charge in [-0.05, 0) is 43.2 Å². The summed E-state index contributed by atoms with van der Waals surface area (Å²) >= 11 is 0. The molecule has 1 aromatic carbocycles. The minimum absolute atomic E-state index is 0.0228. The highest BCUT2D eigenvalue weighted by molar-refractivity contribution is 5.91. The third-order valence-corrected chi connectivity index (χ3v) is 4.44. The molecule has 8 nitrogen and oxygen atoms in total. The molecule has 0 aliphatic carbocycles. The molecular formula is C20H19FN6O2. The lowest BCUT2D eigenvalue weighted by molar-refractivity contribution is -0.115. The maximum absolute atomic E-state index is 13.7. The number of carbonyl (C=O) groups is 1. The zero-order valence-electron chi connectivity index (χ0n) is 16.0. The third-order valence-electron chi connectivity index (χ3n) is 4.44. The molecular weight excluding hydrogens is 375 g/mol. The molecule has 0 saturated carbocycles. The third kappa shape index (κ3) is 3.98. The molecule has 1 N–H and O–H groups in total. The van der Waals surface area contributed by atoms with E-state index < -0.39 is 0 Å². The standard InChI is InChI=1S/C20H19FN6O2/c1-3-4-16-23-20(29-26-16)13-6-8-17-24-25-18(27(17)11-13)10-19(28)22-14-7-5-12(2)15(21)9-14/h5-9,11H,3-4,10H2,1-2H3,(H,22,28). The van der Waals surface area contributed by atoms with Crippen molar-refractivity contribution in [2.24, 2.45) is 0 Å². The second-order valence-corrected chi connectivity index (χ2v) is 6.72. The number of anilines is 1. The van der Waals surface area contributed by atoms with Gasteiger partial charge >= 0.3 is 0 Å². The summed E-state index contributed by atoms with van der Waals surface area (Å²) in [6, 6.07) is 8.13. The topological polar surface area (TPSA) is 98.2 Å². The molecule has 9 heteroatoms. The fourth-order valence-corrected chi connectivity index (χ4v) is 2.90. The smallest absolute Gasteiger partial charge is 0.259 e. The van der Waals surface area contributed by atoms with Crippen LogP contribution in [0.15, 0.2) is 41.1 Å². The van der Waals surface area contributed by atoms with Crippen molar-refractivity contribution in [2.45, 2.75) is 33.1 Å². The summed E-state index contributed by atoms with van der Waals surface area (Å²) in [5, 5.41) is 14.8. The number of benzene rings is 1. The Morgan fingerprint density at radius 3 is 2.90 bits per heavy atom. The van der Waals surface area contributed by atoms with Gasteiger partial charge in [-0.25, -0.2) is 4.39 Å². The van der Waals surface area contributed by atoms with Gasteiger partial charge in [-0.3, -0.25) is 9.20 Å². The Balaban J connectivity index is 1.55.